The van der Waals surface area contributed by atoms with Crippen LogP contribution in [0.1, 0.15) is 99.9 Å². The molecule has 0 radical (unpaired) electrons. The lowest BCUT2D eigenvalue weighted by Gasteiger charge is -2.21. The van der Waals surface area contributed by atoms with Crippen LogP contribution in [-0.2, 0) is 21.7 Å². The van der Waals surface area contributed by atoms with Crippen molar-refractivity contribution < 1.29 is 13.3 Å². The van der Waals surface area contributed by atoms with Crippen LogP contribution >= 0.6 is 0 Å². The van der Waals surface area contributed by atoms with E-state index >= 15 is 0 Å². The van der Waals surface area contributed by atoms with Crippen LogP contribution in [0.15, 0.2) is 389 Å². The third kappa shape index (κ3) is 12.8. The van der Waals surface area contributed by atoms with Gasteiger partial charge in [0.2, 0.25) is 0 Å². The van der Waals surface area contributed by atoms with Crippen LogP contribution in [0.25, 0.3) is 234 Å². The van der Waals surface area contributed by atoms with Gasteiger partial charge in [-0.15, -0.1) is 0 Å². The molecule has 17 aromatic carbocycles. The fourth-order valence-corrected chi connectivity index (χ4v) is 22.1. The summed E-state index contributed by atoms with van der Waals surface area (Å²) in [5.74, 6) is 5.38. The zero-order valence-corrected chi connectivity index (χ0v) is 76.5. The number of hydrogen-bond acceptors (Lipinski definition) is 13. The number of rotatable bonds is 9. The van der Waals surface area contributed by atoms with E-state index in [1.54, 1.807) is 6.20 Å². The molecule has 0 unspecified atom stereocenters. The number of hydrogen-bond donors (Lipinski definition) is 0. The molecule has 13 heteroatoms. The molecule has 0 saturated heterocycles. The highest BCUT2D eigenvalue weighted by atomic mass is 16.3. The predicted molar refractivity (Wildman–Crippen MR) is 553 cm³/mol. The largest absolute Gasteiger partial charge is 0.455 e. The molecule has 137 heavy (non-hydrogen) atoms. The van der Waals surface area contributed by atoms with Crippen molar-refractivity contribution in [2.45, 2.75) is 77.0 Å². The zero-order chi connectivity index (χ0) is 91.9. The Bertz CT molecular complexity index is 9110. The zero-order valence-electron chi connectivity index (χ0n) is 76.5. The standard InChI is InChI=1S/C44H32N4O.C44H29N3O.C36H25N3O/c1-43(2)33-16-7-5-12-26(33)28-20-19-25(22-35(28)43)40-46-41(48-42(47-40)37-18-9-10-21-45-37)30-15-11-14-29-32-23-36-31(24-38(32)49-39(29)30)27-13-6-8-17-34(27)44(36,3)4;1-44(2)37-22-11-10-19-31(37)34-25-39-35(24-38(34)44)32-20-12-21-33(40(32)48-39)42-45-41(26-13-4-3-5-14-26)46-43(47-42)36-23-27-15-6-7-16-28(27)29-17-8-9-18-30(29)36;1-36(2)29-19-10-9-16-24(29)27-21-31-28(20-30(27)36)25-17-11-18-26(32(25)40-31)35-38-33(22-12-5-3-6-13-22)37-34(39-35)23-14-7-4-8-15-23/h5-24H,1-4H3;3-25H,1-2H3;3-21H,1-2H3. The predicted octanol–water partition coefficient (Wildman–Crippen LogP) is 31.2. The molecule has 0 saturated carbocycles. The SMILES string of the molecule is CC1(C)c2ccccc2-c2cc3oc4c(-c5nc(-c6ccccc6)nc(-c6cc7ccccc7c7ccccc67)n5)cccc4c3cc21.CC1(C)c2ccccc2-c2cc3oc4c(-c5nc(-c6ccccc6)nc(-c6ccccc6)n5)cccc4c3cc21.CC1(C)c2ccccc2-c2ccc(-c3nc(-c4ccccn4)nc(-c4cccc5c4oc4cc6c(cc45)C(C)(C)c4ccccc4-6)n3)cc21. The van der Waals surface area contributed by atoms with Crippen molar-refractivity contribution in [3.05, 3.63) is 421 Å². The highest BCUT2D eigenvalue weighted by molar-refractivity contribution is 6.16. The molecule has 24 aromatic rings. The highest BCUT2D eigenvalue weighted by Gasteiger charge is 2.41. The first-order chi connectivity index (χ1) is 66.9. The van der Waals surface area contributed by atoms with Crippen molar-refractivity contribution in [2.75, 3.05) is 0 Å². The Hall–Kier alpha value is -17.2. The van der Waals surface area contributed by atoms with Gasteiger partial charge in [0.05, 0.1) is 16.7 Å². The van der Waals surface area contributed by atoms with Gasteiger partial charge in [-0.3, -0.25) is 4.98 Å². The number of benzene rings is 17. The quantitative estimate of drug-likeness (QED) is 0.125. The number of nitrogens with zero attached hydrogens (tertiary/aromatic N) is 10. The second-order valence-electron chi connectivity index (χ2n) is 38.4. The van der Waals surface area contributed by atoms with Crippen LogP contribution in [0, 0.1) is 0 Å². The van der Waals surface area contributed by atoms with E-state index in [9.17, 15) is 0 Å². The first-order valence-electron chi connectivity index (χ1n) is 46.7. The van der Waals surface area contributed by atoms with Crippen molar-refractivity contribution in [3.63, 3.8) is 0 Å². The summed E-state index contributed by atoms with van der Waals surface area (Å²) in [5, 5.41) is 11.1. The molecule has 13 nitrogen and oxygen atoms in total. The number of furan rings is 3. The van der Waals surface area contributed by atoms with Gasteiger partial charge in [0.1, 0.15) is 39.2 Å². The molecule has 28 rings (SSSR count). The summed E-state index contributed by atoms with van der Waals surface area (Å²) in [4.78, 5) is 50.0. The number of aromatic nitrogens is 10. The third-order valence-electron chi connectivity index (χ3n) is 29.1. The van der Waals surface area contributed by atoms with Crippen LogP contribution in [0.2, 0.25) is 0 Å². The number of para-hydroxylation sites is 3. The summed E-state index contributed by atoms with van der Waals surface area (Å²) in [5.41, 5.74) is 33.1. The molecule has 0 N–H and O–H groups in total. The Labute approximate surface area is 790 Å². The molecule has 0 bridgehead atoms. The number of pyridine rings is 1. The molecular formula is C124H86N10O3. The highest BCUT2D eigenvalue weighted by Crippen LogP contribution is 2.57. The minimum Gasteiger partial charge on any atom is -0.455 e. The van der Waals surface area contributed by atoms with E-state index in [1.165, 1.54) is 99.8 Å². The maximum absolute atomic E-state index is 6.77. The Morgan fingerprint density at radius 3 is 0.891 bits per heavy atom. The Morgan fingerprint density at radius 2 is 0.474 bits per heavy atom. The Balaban J connectivity index is 0.000000107. The third-order valence-corrected chi connectivity index (χ3v) is 29.1. The summed E-state index contributed by atoms with van der Waals surface area (Å²) in [6.45, 7) is 18.4. The molecule has 7 aromatic heterocycles. The van der Waals surface area contributed by atoms with E-state index in [1.807, 2.05) is 121 Å². The summed E-state index contributed by atoms with van der Waals surface area (Å²) < 4.78 is 20.1. The molecule has 0 spiro atoms. The van der Waals surface area contributed by atoms with Gasteiger partial charge in [-0.1, -0.05) is 347 Å². The van der Waals surface area contributed by atoms with Crippen LogP contribution in [0.4, 0.5) is 0 Å². The van der Waals surface area contributed by atoms with Gasteiger partial charge in [0, 0.05) is 88.0 Å². The maximum Gasteiger partial charge on any atom is 0.182 e. The molecule has 0 aliphatic heterocycles. The van der Waals surface area contributed by atoms with Crippen molar-refractivity contribution >= 4 is 87.4 Å². The average Bonchev–Trinajstić information content (AvgIpc) is 1.58. The van der Waals surface area contributed by atoms with Crippen molar-refractivity contribution in [1.29, 1.82) is 0 Å². The van der Waals surface area contributed by atoms with E-state index in [-0.39, 0.29) is 21.7 Å². The maximum atomic E-state index is 6.77. The van der Waals surface area contributed by atoms with Crippen LogP contribution in [0.3, 0.4) is 0 Å². The van der Waals surface area contributed by atoms with Crippen LogP contribution in [0.5, 0.6) is 0 Å². The lowest BCUT2D eigenvalue weighted by atomic mass is 9.82. The second-order valence-corrected chi connectivity index (χ2v) is 38.4. The second kappa shape index (κ2) is 30.7. The summed E-state index contributed by atoms with van der Waals surface area (Å²) in [6, 6.07) is 129. The molecule has 0 fully saturated rings. The van der Waals surface area contributed by atoms with Gasteiger partial charge >= 0.3 is 0 Å². The van der Waals surface area contributed by atoms with Gasteiger partial charge < -0.3 is 13.3 Å². The van der Waals surface area contributed by atoms with Crippen LogP contribution < -0.4 is 0 Å². The van der Waals surface area contributed by atoms with Gasteiger partial charge in [-0.05, 0) is 189 Å². The fraction of sp³-hybridized carbons (Fsp3) is 0.0968. The van der Waals surface area contributed by atoms with Crippen molar-refractivity contribution in [3.8, 4) is 147 Å². The van der Waals surface area contributed by atoms with Gasteiger partial charge in [0.15, 0.2) is 52.4 Å². The Morgan fingerprint density at radius 1 is 0.175 bits per heavy atom. The Kier molecular flexibility index (Phi) is 18.1. The normalized spacial score (nSPS) is 13.9. The first kappa shape index (κ1) is 80.7. The van der Waals surface area contributed by atoms with Gasteiger partial charge in [-0.25, -0.2) is 44.9 Å². The summed E-state index contributed by atoms with van der Waals surface area (Å²) in [7, 11) is 0. The lowest BCUT2D eigenvalue weighted by molar-refractivity contribution is 0.657. The number of fused-ring (bicyclic) bond motifs is 24. The molecule has 0 atom stereocenters. The fourth-order valence-electron chi connectivity index (χ4n) is 22.1. The van der Waals surface area contributed by atoms with Crippen LogP contribution in [-0.4, -0.2) is 49.8 Å². The molecule has 7 heterocycles. The summed E-state index contributed by atoms with van der Waals surface area (Å²) in [6.07, 6.45) is 1.77. The van der Waals surface area contributed by atoms with Gasteiger partial charge in [0.25, 0.3) is 0 Å². The molecule has 650 valence electrons. The topological polar surface area (TPSA) is 168 Å². The molecular weight excluding hydrogens is 1680 g/mol. The van der Waals surface area contributed by atoms with E-state index < -0.39 is 0 Å². The van der Waals surface area contributed by atoms with E-state index in [0.717, 1.165) is 121 Å². The van der Waals surface area contributed by atoms with Gasteiger partial charge in [-0.2, -0.15) is 0 Å². The smallest absolute Gasteiger partial charge is 0.182 e. The molecule has 4 aliphatic carbocycles. The molecule has 4 aliphatic rings. The van der Waals surface area contributed by atoms with E-state index in [0.29, 0.717) is 58.1 Å². The van der Waals surface area contributed by atoms with Crippen molar-refractivity contribution in [1.82, 2.24) is 49.8 Å². The minimum atomic E-state index is -0.142. The van der Waals surface area contributed by atoms with E-state index in [2.05, 4.69) is 309 Å². The minimum absolute atomic E-state index is 0.0787. The molecule has 0 amide bonds. The lowest BCUT2D eigenvalue weighted by Crippen LogP contribution is -2.15. The van der Waals surface area contributed by atoms with E-state index in [4.69, 9.17) is 58.1 Å². The monoisotopic (exact) mass is 1760 g/mol. The average molecular weight is 1760 g/mol. The van der Waals surface area contributed by atoms with Crippen molar-refractivity contribution in [2.24, 2.45) is 0 Å². The first-order valence-corrected chi connectivity index (χ1v) is 46.7. The summed E-state index contributed by atoms with van der Waals surface area (Å²) >= 11 is 0.